The molecule has 104 valence electrons. The van der Waals surface area contributed by atoms with Crippen LogP contribution in [-0.2, 0) is 0 Å². The Hall–Kier alpha value is -0.380. The molecule has 2 aliphatic rings. The number of hydrogen-bond donors (Lipinski definition) is 1. The lowest BCUT2D eigenvalue weighted by Gasteiger charge is -2.38. The molecule has 0 spiro atoms. The fraction of sp³-hybridized carbons (Fsp3) is 0.867. The van der Waals surface area contributed by atoms with Crippen LogP contribution in [0.1, 0.15) is 33.1 Å². The van der Waals surface area contributed by atoms with Crippen LogP contribution in [0.4, 0.5) is 0 Å². The average molecular weight is 251 g/mol. The van der Waals surface area contributed by atoms with Gasteiger partial charge in [-0.25, -0.2) is 0 Å². The molecule has 0 aromatic heterocycles. The van der Waals surface area contributed by atoms with Crippen molar-refractivity contribution in [2.24, 2.45) is 0 Å². The molecule has 1 saturated heterocycles. The summed E-state index contributed by atoms with van der Waals surface area (Å²) in [6.45, 7) is 15.8. The second kappa shape index (κ2) is 6.69. The van der Waals surface area contributed by atoms with E-state index in [-0.39, 0.29) is 0 Å². The highest BCUT2D eigenvalue weighted by Crippen LogP contribution is 2.18. The number of nitrogens with one attached hydrogen (secondary N) is 1. The number of nitrogens with zero attached hydrogens (tertiary/aromatic N) is 2. The fourth-order valence-electron chi connectivity index (χ4n) is 2.57. The van der Waals surface area contributed by atoms with E-state index in [4.69, 9.17) is 0 Å². The first-order valence-corrected chi connectivity index (χ1v) is 7.55. The molecule has 1 N–H and O–H groups in total. The Balaban J connectivity index is 1.61. The van der Waals surface area contributed by atoms with Gasteiger partial charge in [0.2, 0.25) is 0 Å². The monoisotopic (exact) mass is 251 g/mol. The molecule has 1 aliphatic heterocycles. The van der Waals surface area contributed by atoms with E-state index in [1.54, 1.807) is 0 Å². The van der Waals surface area contributed by atoms with E-state index in [0.717, 1.165) is 25.2 Å². The molecule has 3 heteroatoms. The SMILES string of the molecule is C=C(CNC1CC1)CN1CCN(C(C)CC)CC1. The molecule has 2 rings (SSSR count). The van der Waals surface area contributed by atoms with E-state index in [0.29, 0.717) is 0 Å². The van der Waals surface area contributed by atoms with Crippen molar-refractivity contribution in [3.05, 3.63) is 12.2 Å². The minimum absolute atomic E-state index is 0.742. The molecular weight excluding hydrogens is 222 g/mol. The van der Waals surface area contributed by atoms with Crippen LogP contribution in [0.2, 0.25) is 0 Å². The van der Waals surface area contributed by atoms with E-state index in [1.165, 1.54) is 51.0 Å². The predicted molar refractivity (Wildman–Crippen MR) is 77.9 cm³/mol. The third-order valence-electron chi connectivity index (χ3n) is 4.29. The lowest BCUT2D eigenvalue weighted by molar-refractivity contribution is 0.106. The maximum atomic E-state index is 4.20. The molecule has 3 nitrogen and oxygen atoms in total. The summed E-state index contributed by atoms with van der Waals surface area (Å²) in [5.41, 5.74) is 1.35. The summed E-state index contributed by atoms with van der Waals surface area (Å²) in [6.07, 6.45) is 3.99. The molecule has 1 heterocycles. The molecule has 2 fully saturated rings. The van der Waals surface area contributed by atoms with Gasteiger partial charge in [0.05, 0.1) is 0 Å². The third kappa shape index (κ3) is 4.38. The summed E-state index contributed by atoms with van der Waals surface area (Å²) >= 11 is 0. The van der Waals surface area contributed by atoms with Crippen molar-refractivity contribution in [2.45, 2.75) is 45.2 Å². The second-order valence-corrected chi connectivity index (χ2v) is 5.97. The van der Waals surface area contributed by atoms with Gasteiger partial charge in [-0.3, -0.25) is 9.80 Å². The fourth-order valence-corrected chi connectivity index (χ4v) is 2.57. The lowest BCUT2D eigenvalue weighted by Crippen LogP contribution is -2.50. The molecule has 0 radical (unpaired) electrons. The Morgan fingerprint density at radius 2 is 1.94 bits per heavy atom. The minimum atomic E-state index is 0.742. The zero-order chi connectivity index (χ0) is 13.0. The summed E-state index contributed by atoms with van der Waals surface area (Å²) in [4.78, 5) is 5.16. The number of piperazine rings is 1. The van der Waals surface area contributed by atoms with Crippen LogP contribution < -0.4 is 5.32 Å². The molecule has 0 amide bonds. The van der Waals surface area contributed by atoms with E-state index in [1.807, 2.05) is 0 Å². The molecule has 0 aromatic rings. The van der Waals surface area contributed by atoms with Gasteiger partial charge in [-0.15, -0.1) is 0 Å². The highest BCUT2D eigenvalue weighted by molar-refractivity contribution is 5.02. The first kappa shape index (κ1) is 14.0. The average Bonchev–Trinajstić information content (AvgIpc) is 3.20. The standard InChI is InChI=1S/C15H29N3/c1-4-14(3)18-9-7-17(8-10-18)12-13(2)11-16-15-5-6-15/h14-16H,2,4-12H2,1,3H3. The Morgan fingerprint density at radius 1 is 1.28 bits per heavy atom. The second-order valence-electron chi connectivity index (χ2n) is 5.97. The molecule has 0 bridgehead atoms. The maximum Gasteiger partial charge on any atom is 0.0203 e. The molecule has 18 heavy (non-hydrogen) atoms. The van der Waals surface area contributed by atoms with Crippen molar-refractivity contribution in [1.82, 2.24) is 15.1 Å². The zero-order valence-corrected chi connectivity index (χ0v) is 12.1. The van der Waals surface area contributed by atoms with Crippen molar-refractivity contribution < 1.29 is 0 Å². The van der Waals surface area contributed by atoms with Crippen molar-refractivity contribution in [2.75, 3.05) is 39.3 Å². The van der Waals surface area contributed by atoms with Gasteiger partial charge in [-0.05, 0) is 31.8 Å². The smallest absolute Gasteiger partial charge is 0.0203 e. The normalized spacial score (nSPS) is 24.1. The highest BCUT2D eigenvalue weighted by atomic mass is 15.3. The van der Waals surface area contributed by atoms with Gasteiger partial charge in [0.25, 0.3) is 0 Å². The van der Waals surface area contributed by atoms with Crippen molar-refractivity contribution in [3.8, 4) is 0 Å². The van der Waals surface area contributed by atoms with E-state index >= 15 is 0 Å². The Kier molecular flexibility index (Phi) is 5.22. The summed E-state index contributed by atoms with van der Waals surface area (Å²) in [5.74, 6) is 0. The van der Waals surface area contributed by atoms with Crippen molar-refractivity contribution in [1.29, 1.82) is 0 Å². The highest BCUT2D eigenvalue weighted by Gasteiger charge is 2.22. The summed E-state index contributed by atoms with van der Waals surface area (Å²) in [5, 5.41) is 3.55. The zero-order valence-electron chi connectivity index (χ0n) is 12.1. The van der Waals surface area contributed by atoms with Crippen molar-refractivity contribution >= 4 is 0 Å². The van der Waals surface area contributed by atoms with Crippen LogP contribution in [0, 0.1) is 0 Å². The van der Waals surface area contributed by atoms with E-state index in [9.17, 15) is 0 Å². The minimum Gasteiger partial charge on any atom is -0.310 e. The predicted octanol–water partition coefficient (Wildman–Crippen LogP) is 1.71. The lowest BCUT2D eigenvalue weighted by atomic mass is 10.1. The third-order valence-corrected chi connectivity index (χ3v) is 4.29. The Labute approximate surface area is 112 Å². The Morgan fingerprint density at radius 3 is 2.50 bits per heavy atom. The number of rotatable bonds is 7. The van der Waals surface area contributed by atoms with Gasteiger partial charge in [0, 0.05) is 51.4 Å². The largest absolute Gasteiger partial charge is 0.310 e. The van der Waals surface area contributed by atoms with Crippen LogP contribution in [0.3, 0.4) is 0 Å². The first-order valence-electron chi connectivity index (χ1n) is 7.55. The van der Waals surface area contributed by atoms with Gasteiger partial charge >= 0.3 is 0 Å². The van der Waals surface area contributed by atoms with Crippen LogP contribution >= 0.6 is 0 Å². The molecule has 1 unspecified atom stereocenters. The molecule has 1 aliphatic carbocycles. The maximum absolute atomic E-state index is 4.20. The molecule has 0 aromatic carbocycles. The van der Waals surface area contributed by atoms with Gasteiger partial charge < -0.3 is 5.32 Å². The molecule has 1 saturated carbocycles. The van der Waals surface area contributed by atoms with Crippen LogP contribution in [0.25, 0.3) is 0 Å². The Bertz CT molecular complexity index is 265. The summed E-state index contributed by atoms with van der Waals surface area (Å²) in [7, 11) is 0. The van der Waals surface area contributed by atoms with Crippen LogP contribution in [0.15, 0.2) is 12.2 Å². The van der Waals surface area contributed by atoms with E-state index in [2.05, 4.69) is 35.5 Å². The quantitative estimate of drug-likeness (QED) is 0.695. The number of hydrogen-bond acceptors (Lipinski definition) is 3. The van der Waals surface area contributed by atoms with Gasteiger partial charge in [-0.2, -0.15) is 0 Å². The van der Waals surface area contributed by atoms with Crippen LogP contribution in [0.5, 0.6) is 0 Å². The van der Waals surface area contributed by atoms with E-state index < -0.39 is 0 Å². The molecular formula is C15H29N3. The summed E-state index contributed by atoms with van der Waals surface area (Å²) < 4.78 is 0. The van der Waals surface area contributed by atoms with Crippen LogP contribution in [-0.4, -0.2) is 61.2 Å². The molecule has 1 atom stereocenters. The van der Waals surface area contributed by atoms with Gasteiger partial charge in [-0.1, -0.05) is 13.5 Å². The summed E-state index contributed by atoms with van der Waals surface area (Å²) in [6, 6.07) is 1.54. The van der Waals surface area contributed by atoms with Crippen molar-refractivity contribution in [3.63, 3.8) is 0 Å². The topological polar surface area (TPSA) is 18.5 Å². The van der Waals surface area contributed by atoms with Gasteiger partial charge in [0.1, 0.15) is 0 Å². The first-order chi connectivity index (χ1) is 8.69. The van der Waals surface area contributed by atoms with Gasteiger partial charge in [0.15, 0.2) is 0 Å².